The van der Waals surface area contributed by atoms with E-state index in [0.29, 0.717) is 0 Å². The molecule has 1 unspecified atom stereocenters. The fourth-order valence-electron chi connectivity index (χ4n) is 1.74. The highest BCUT2D eigenvalue weighted by Gasteiger charge is 1.95. The van der Waals surface area contributed by atoms with Crippen molar-refractivity contribution in [3.63, 3.8) is 0 Å². The molecule has 2 aromatic rings. The Morgan fingerprint density at radius 2 is 1.44 bits per heavy atom. The van der Waals surface area contributed by atoms with Crippen LogP contribution < -0.4 is 0 Å². The van der Waals surface area contributed by atoms with Crippen LogP contribution in [0.1, 0.15) is 24.5 Å². The van der Waals surface area contributed by atoms with E-state index in [4.69, 9.17) is 0 Å². The molecular formula is C17H15P. The Hall–Kier alpha value is -1.75. The molecule has 0 nitrogen and oxygen atoms in total. The molecule has 0 aliphatic carbocycles. The van der Waals surface area contributed by atoms with Crippen LogP contribution in [0.15, 0.2) is 36.4 Å². The maximum absolute atomic E-state index is 3.15. The molecule has 0 heterocycles. The van der Waals surface area contributed by atoms with Crippen molar-refractivity contribution in [2.24, 2.45) is 0 Å². The van der Waals surface area contributed by atoms with Crippen molar-refractivity contribution in [1.29, 1.82) is 0 Å². The van der Waals surface area contributed by atoms with E-state index < -0.39 is 0 Å². The highest BCUT2D eigenvalue weighted by atomic mass is 31.0. The number of hydrogen-bond donors (Lipinski definition) is 0. The van der Waals surface area contributed by atoms with E-state index in [-0.39, 0.29) is 0 Å². The van der Waals surface area contributed by atoms with Gasteiger partial charge in [0.25, 0.3) is 0 Å². The summed E-state index contributed by atoms with van der Waals surface area (Å²) in [5, 5.41) is 2.43. The second-order valence-corrected chi connectivity index (χ2v) is 4.35. The zero-order chi connectivity index (χ0) is 12.8. The smallest absolute Gasteiger partial charge is 0.0251 e. The minimum absolute atomic E-state index is 0.809. The molecule has 1 atom stereocenters. The molecule has 2 aromatic carbocycles. The van der Waals surface area contributed by atoms with Crippen LogP contribution in [0.4, 0.5) is 0 Å². The van der Waals surface area contributed by atoms with Crippen LogP contribution in [0.5, 0.6) is 0 Å². The molecule has 1 heteroatoms. The average Bonchev–Trinajstić information content (AvgIpc) is 2.42. The van der Waals surface area contributed by atoms with Crippen LogP contribution in [0.2, 0.25) is 0 Å². The molecule has 0 bridgehead atoms. The van der Waals surface area contributed by atoms with E-state index in [1.54, 1.807) is 0 Å². The lowest BCUT2D eigenvalue weighted by Crippen LogP contribution is -1.80. The normalized spacial score (nSPS) is 9.22. The maximum atomic E-state index is 3.15. The molecule has 2 rings (SSSR count). The Morgan fingerprint density at radius 1 is 0.889 bits per heavy atom. The standard InChI is InChI=1S/C17H15P/c1-2-3-5-14-7-9-17-13-15(6-4-11-18)8-10-16(17)12-14/h7-10,12-13H,2,11,18H2,1H3. The van der Waals surface area contributed by atoms with Crippen molar-refractivity contribution < 1.29 is 0 Å². The summed E-state index contributed by atoms with van der Waals surface area (Å²) in [6.07, 6.45) is 1.70. The first-order chi connectivity index (χ1) is 8.83. The van der Waals surface area contributed by atoms with Gasteiger partial charge in [-0.05, 0) is 35.0 Å². The lowest BCUT2D eigenvalue weighted by molar-refractivity contribution is 1.28. The third-order valence-electron chi connectivity index (χ3n) is 2.58. The van der Waals surface area contributed by atoms with Crippen molar-refractivity contribution in [2.75, 3.05) is 6.16 Å². The van der Waals surface area contributed by atoms with E-state index in [1.807, 2.05) is 0 Å². The van der Waals surface area contributed by atoms with Crippen molar-refractivity contribution in [2.45, 2.75) is 13.3 Å². The molecule has 0 N–H and O–H groups in total. The fraction of sp³-hybridized carbons (Fsp3) is 0.176. The van der Waals surface area contributed by atoms with Gasteiger partial charge in [0.1, 0.15) is 0 Å². The molecule has 0 aromatic heterocycles. The monoisotopic (exact) mass is 250 g/mol. The second-order valence-electron chi connectivity index (χ2n) is 3.94. The minimum atomic E-state index is 0.809. The first-order valence-corrected chi connectivity index (χ1v) is 6.87. The molecular weight excluding hydrogens is 235 g/mol. The predicted molar refractivity (Wildman–Crippen MR) is 82.6 cm³/mol. The third-order valence-corrected chi connectivity index (χ3v) is 2.79. The molecule has 0 aliphatic heterocycles. The van der Waals surface area contributed by atoms with Gasteiger partial charge in [0, 0.05) is 23.7 Å². The van der Waals surface area contributed by atoms with Crippen LogP contribution >= 0.6 is 9.24 Å². The van der Waals surface area contributed by atoms with Gasteiger partial charge in [-0.15, -0.1) is 9.24 Å². The molecule has 88 valence electrons. The Morgan fingerprint density at radius 3 is 1.94 bits per heavy atom. The summed E-state index contributed by atoms with van der Waals surface area (Å²) in [7, 11) is 2.61. The van der Waals surface area contributed by atoms with Crippen molar-refractivity contribution in [1.82, 2.24) is 0 Å². The largest absolute Gasteiger partial charge is 0.125 e. The number of fused-ring (bicyclic) bond motifs is 1. The van der Waals surface area contributed by atoms with Gasteiger partial charge in [-0.1, -0.05) is 42.7 Å². The van der Waals surface area contributed by atoms with Gasteiger partial charge in [0.05, 0.1) is 0 Å². The fourth-order valence-corrected chi connectivity index (χ4v) is 1.85. The minimum Gasteiger partial charge on any atom is -0.125 e. The van der Waals surface area contributed by atoms with Crippen LogP contribution in [-0.2, 0) is 0 Å². The molecule has 0 amide bonds. The SMILES string of the molecule is CCC#Cc1ccc2cc(C#CCP)ccc2c1. The maximum Gasteiger partial charge on any atom is 0.0251 e. The Balaban J connectivity index is 2.42. The highest BCUT2D eigenvalue weighted by molar-refractivity contribution is 7.16. The Labute approximate surface area is 111 Å². The zero-order valence-electron chi connectivity index (χ0n) is 10.5. The number of benzene rings is 2. The molecule has 0 aliphatic rings. The van der Waals surface area contributed by atoms with Gasteiger partial charge >= 0.3 is 0 Å². The summed E-state index contributed by atoms with van der Waals surface area (Å²) < 4.78 is 0. The summed E-state index contributed by atoms with van der Waals surface area (Å²) in [5.74, 6) is 12.4. The Bertz CT molecular complexity index is 614. The third kappa shape index (κ3) is 3.13. The topological polar surface area (TPSA) is 0 Å². The molecule has 0 saturated carbocycles. The highest BCUT2D eigenvalue weighted by Crippen LogP contribution is 2.17. The van der Waals surface area contributed by atoms with Crippen molar-refractivity contribution in [3.05, 3.63) is 47.5 Å². The van der Waals surface area contributed by atoms with Gasteiger partial charge in [-0.2, -0.15) is 0 Å². The van der Waals surface area contributed by atoms with E-state index in [9.17, 15) is 0 Å². The van der Waals surface area contributed by atoms with Gasteiger partial charge < -0.3 is 0 Å². The first kappa shape index (κ1) is 12.7. The Kier molecular flexibility index (Phi) is 4.41. The lowest BCUT2D eigenvalue weighted by atomic mass is 10.0. The molecule has 0 fully saturated rings. The second kappa shape index (κ2) is 6.26. The number of rotatable bonds is 0. The predicted octanol–water partition coefficient (Wildman–Crippen LogP) is 3.83. The summed E-state index contributed by atoms with van der Waals surface area (Å²) in [6.45, 7) is 2.06. The van der Waals surface area contributed by atoms with E-state index in [2.05, 4.69) is 76.2 Å². The van der Waals surface area contributed by atoms with Crippen LogP contribution in [-0.4, -0.2) is 6.16 Å². The molecule has 0 saturated heterocycles. The first-order valence-electron chi connectivity index (χ1n) is 6.05. The van der Waals surface area contributed by atoms with E-state index in [0.717, 1.165) is 23.7 Å². The van der Waals surface area contributed by atoms with Crippen molar-refractivity contribution >= 4 is 20.0 Å². The average molecular weight is 250 g/mol. The van der Waals surface area contributed by atoms with Gasteiger partial charge in [-0.25, -0.2) is 0 Å². The summed E-state index contributed by atoms with van der Waals surface area (Å²) in [4.78, 5) is 0. The van der Waals surface area contributed by atoms with Gasteiger partial charge in [-0.3, -0.25) is 0 Å². The summed E-state index contributed by atoms with van der Waals surface area (Å²) in [5.41, 5.74) is 2.14. The number of hydrogen-bond acceptors (Lipinski definition) is 0. The van der Waals surface area contributed by atoms with Crippen LogP contribution in [0, 0.1) is 23.7 Å². The van der Waals surface area contributed by atoms with E-state index in [1.165, 1.54) is 10.8 Å². The molecule has 18 heavy (non-hydrogen) atoms. The molecule has 0 spiro atoms. The lowest BCUT2D eigenvalue weighted by Gasteiger charge is -1.99. The van der Waals surface area contributed by atoms with E-state index >= 15 is 0 Å². The quantitative estimate of drug-likeness (QED) is 0.492. The van der Waals surface area contributed by atoms with Gasteiger partial charge in [0.15, 0.2) is 0 Å². The summed E-state index contributed by atoms with van der Waals surface area (Å²) in [6, 6.07) is 12.6. The summed E-state index contributed by atoms with van der Waals surface area (Å²) >= 11 is 0. The van der Waals surface area contributed by atoms with Gasteiger partial charge in [0.2, 0.25) is 0 Å². The van der Waals surface area contributed by atoms with Crippen LogP contribution in [0.3, 0.4) is 0 Å². The zero-order valence-corrected chi connectivity index (χ0v) is 11.6. The van der Waals surface area contributed by atoms with Crippen LogP contribution in [0.25, 0.3) is 10.8 Å². The molecule has 0 radical (unpaired) electrons. The van der Waals surface area contributed by atoms with Crippen molar-refractivity contribution in [3.8, 4) is 23.7 Å².